The zero-order valence-electron chi connectivity index (χ0n) is 14.2. The fourth-order valence-corrected chi connectivity index (χ4v) is 4.36. The van der Waals surface area contributed by atoms with E-state index >= 15 is 0 Å². The SMILES string of the molecule is CC(c1ccccc1)[C@H]1CC[C@H](c2ccccc2)c2ccccc21. The van der Waals surface area contributed by atoms with Crippen LogP contribution in [0.3, 0.4) is 0 Å². The van der Waals surface area contributed by atoms with Crippen molar-refractivity contribution in [2.45, 2.75) is 37.5 Å². The maximum absolute atomic E-state index is 2.39. The lowest BCUT2D eigenvalue weighted by atomic mass is 9.69. The van der Waals surface area contributed by atoms with Gasteiger partial charge in [-0.05, 0) is 46.9 Å². The Morgan fingerprint density at radius 2 is 1.25 bits per heavy atom. The van der Waals surface area contributed by atoms with E-state index in [0.717, 1.165) is 0 Å². The molecule has 0 saturated carbocycles. The van der Waals surface area contributed by atoms with Gasteiger partial charge < -0.3 is 0 Å². The van der Waals surface area contributed by atoms with Crippen LogP contribution in [-0.4, -0.2) is 0 Å². The zero-order valence-corrected chi connectivity index (χ0v) is 14.2. The van der Waals surface area contributed by atoms with Crippen LogP contribution in [0.2, 0.25) is 0 Å². The van der Waals surface area contributed by atoms with Crippen molar-refractivity contribution in [2.24, 2.45) is 0 Å². The normalized spacial score (nSPS) is 21.0. The second kappa shape index (κ2) is 6.65. The Hall–Kier alpha value is -2.34. The van der Waals surface area contributed by atoms with Gasteiger partial charge in [-0.25, -0.2) is 0 Å². The molecule has 24 heavy (non-hydrogen) atoms. The minimum atomic E-state index is 0.543. The van der Waals surface area contributed by atoms with E-state index in [-0.39, 0.29) is 0 Å². The summed E-state index contributed by atoms with van der Waals surface area (Å²) in [5.41, 5.74) is 5.99. The predicted octanol–water partition coefficient (Wildman–Crippen LogP) is 6.50. The molecule has 1 aliphatic carbocycles. The zero-order chi connectivity index (χ0) is 16.4. The number of hydrogen-bond donors (Lipinski definition) is 0. The summed E-state index contributed by atoms with van der Waals surface area (Å²) in [6.07, 6.45) is 2.50. The summed E-state index contributed by atoms with van der Waals surface area (Å²) in [4.78, 5) is 0. The molecule has 4 rings (SSSR count). The number of benzene rings is 3. The van der Waals surface area contributed by atoms with Crippen LogP contribution in [0.1, 0.15) is 59.8 Å². The van der Waals surface area contributed by atoms with Crippen molar-refractivity contribution in [1.82, 2.24) is 0 Å². The molecule has 0 fully saturated rings. The van der Waals surface area contributed by atoms with Gasteiger partial charge in [0.1, 0.15) is 0 Å². The van der Waals surface area contributed by atoms with E-state index in [1.807, 2.05) is 0 Å². The van der Waals surface area contributed by atoms with Gasteiger partial charge in [-0.1, -0.05) is 91.9 Å². The van der Waals surface area contributed by atoms with E-state index in [0.29, 0.717) is 17.8 Å². The fourth-order valence-electron chi connectivity index (χ4n) is 4.36. The maximum atomic E-state index is 2.39. The molecule has 0 aromatic heterocycles. The number of fused-ring (bicyclic) bond motifs is 1. The Morgan fingerprint density at radius 1 is 0.667 bits per heavy atom. The fraction of sp³-hybridized carbons (Fsp3) is 0.250. The van der Waals surface area contributed by atoms with Crippen LogP contribution in [-0.2, 0) is 0 Å². The largest absolute Gasteiger partial charge is 0.0622 e. The lowest BCUT2D eigenvalue weighted by molar-refractivity contribution is 0.464. The Kier molecular flexibility index (Phi) is 4.21. The molecule has 0 heteroatoms. The second-order valence-corrected chi connectivity index (χ2v) is 6.98. The highest BCUT2D eigenvalue weighted by Gasteiger charge is 2.31. The van der Waals surface area contributed by atoms with E-state index in [1.54, 1.807) is 5.56 Å². The monoisotopic (exact) mass is 312 g/mol. The van der Waals surface area contributed by atoms with Gasteiger partial charge in [0.25, 0.3) is 0 Å². The van der Waals surface area contributed by atoms with E-state index in [9.17, 15) is 0 Å². The third-order valence-electron chi connectivity index (χ3n) is 5.67. The molecular formula is C24H24. The predicted molar refractivity (Wildman–Crippen MR) is 102 cm³/mol. The summed E-state index contributed by atoms with van der Waals surface area (Å²) >= 11 is 0. The van der Waals surface area contributed by atoms with E-state index in [4.69, 9.17) is 0 Å². The standard InChI is InChI=1S/C24H24/c1-18(19-10-4-2-5-11-19)21-16-17-22(20-12-6-3-7-13-20)24-15-9-8-14-23(21)24/h2-15,18,21-22H,16-17H2,1H3/t18?,21-,22-/m1/s1. The first-order valence-electron chi connectivity index (χ1n) is 9.03. The second-order valence-electron chi connectivity index (χ2n) is 6.98. The summed E-state index contributed by atoms with van der Waals surface area (Å²) < 4.78 is 0. The van der Waals surface area contributed by atoms with Crippen molar-refractivity contribution in [3.63, 3.8) is 0 Å². The van der Waals surface area contributed by atoms with Crippen molar-refractivity contribution in [3.8, 4) is 0 Å². The third kappa shape index (κ3) is 2.78. The highest BCUT2D eigenvalue weighted by molar-refractivity contribution is 5.43. The van der Waals surface area contributed by atoms with Gasteiger partial charge in [0.05, 0.1) is 0 Å². The highest BCUT2D eigenvalue weighted by Crippen LogP contribution is 2.47. The third-order valence-corrected chi connectivity index (χ3v) is 5.67. The van der Waals surface area contributed by atoms with Crippen molar-refractivity contribution in [2.75, 3.05) is 0 Å². The minimum absolute atomic E-state index is 0.543. The Morgan fingerprint density at radius 3 is 1.96 bits per heavy atom. The molecule has 3 atom stereocenters. The van der Waals surface area contributed by atoms with E-state index < -0.39 is 0 Å². The molecular weight excluding hydrogens is 288 g/mol. The Labute approximate surface area is 145 Å². The minimum Gasteiger partial charge on any atom is -0.0622 e. The van der Waals surface area contributed by atoms with Crippen molar-refractivity contribution in [3.05, 3.63) is 107 Å². The average molecular weight is 312 g/mol. The quantitative estimate of drug-likeness (QED) is 0.518. The number of hydrogen-bond acceptors (Lipinski definition) is 0. The molecule has 120 valence electrons. The van der Waals surface area contributed by atoms with Gasteiger partial charge in [-0.15, -0.1) is 0 Å². The Balaban J connectivity index is 1.72. The summed E-state index contributed by atoms with van der Waals surface area (Å²) in [6, 6.07) is 31.1. The van der Waals surface area contributed by atoms with Crippen LogP contribution < -0.4 is 0 Å². The maximum Gasteiger partial charge on any atom is 0.00924 e. The first-order chi connectivity index (χ1) is 11.8. The van der Waals surface area contributed by atoms with Crippen LogP contribution >= 0.6 is 0 Å². The first kappa shape index (κ1) is 15.2. The lowest BCUT2D eigenvalue weighted by Crippen LogP contribution is -2.19. The van der Waals surface area contributed by atoms with Gasteiger partial charge in [0.2, 0.25) is 0 Å². The topological polar surface area (TPSA) is 0 Å². The van der Waals surface area contributed by atoms with Crippen LogP contribution in [0.15, 0.2) is 84.9 Å². The molecule has 0 nitrogen and oxygen atoms in total. The molecule has 0 spiro atoms. The molecule has 1 aliphatic rings. The van der Waals surface area contributed by atoms with Crippen LogP contribution in [0.5, 0.6) is 0 Å². The van der Waals surface area contributed by atoms with E-state index in [1.165, 1.54) is 29.5 Å². The summed E-state index contributed by atoms with van der Waals surface area (Å²) in [6.45, 7) is 2.39. The molecule has 0 amide bonds. The average Bonchev–Trinajstić information content (AvgIpc) is 2.68. The van der Waals surface area contributed by atoms with Crippen molar-refractivity contribution >= 4 is 0 Å². The molecule has 0 heterocycles. The first-order valence-corrected chi connectivity index (χ1v) is 9.03. The van der Waals surface area contributed by atoms with Gasteiger partial charge in [-0.2, -0.15) is 0 Å². The van der Waals surface area contributed by atoms with Crippen LogP contribution in [0.4, 0.5) is 0 Å². The highest BCUT2D eigenvalue weighted by atomic mass is 14.3. The van der Waals surface area contributed by atoms with Crippen LogP contribution in [0, 0.1) is 0 Å². The molecule has 3 aromatic carbocycles. The Bertz CT molecular complexity index is 789. The molecule has 0 radical (unpaired) electrons. The summed E-state index contributed by atoms with van der Waals surface area (Å²) in [7, 11) is 0. The van der Waals surface area contributed by atoms with Crippen molar-refractivity contribution < 1.29 is 0 Å². The van der Waals surface area contributed by atoms with Gasteiger partial charge in [-0.3, -0.25) is 0 Å². The summed E-state index contributed by atoms with van der Waals surface area (Å²) in [5.74, 6) is 1.72. The lowest BCUT2D eigenvalue weighted by Gasteiger charge is -2.35. The molecule has 0 N–H and O–H groups in total. The molecule has 0 saturated heterocycles. The molecule has 3 aromatic rings. The van der Waals surface area contributed by atoms with Gasteiger partial charge >= 0.3 is 0 Å². The summed E-state index contributed by atoms with van der Waals surface area (Å²) in [5, 5.41) is 0. The van der Waals surface area contributed by atoms with Gasteiger partial charge in [0, 0.05) is 5.92 Å². The van der Waals surface area contributed by atoms with E-state index in [2.05, 4.69) is 91.9 Å². The van der Waals surface area contributed by atoms with Crippen LogP contribution in [0.25, 0.3) is 0 Å². The molecule has 0 bridgehead atoms. The molecule has 1 unspecified atom stereocenters. The smallest absolute Gasteiger partial charge is 0.00924 e. The van der Waals surface area contributed by atoms with Crippen molar-refractivity contribution in [1.29, 1.82) is 0 Å². The van der Waals surface area contributed by atoms with Gasteiger partial charge in [0.15, 0.2) is 0 Å². The molecule has 0 aliphatic heterocycles. The number of rotatable bonds is 3.